The van der Waals surface area contributed by atoms with Crippen molar-refractivity contribution in [3.63, 3.8) is 0 Å². The first-order valence-electron chi connectivity index (χ1n) is 25.9. The number of aliphatic hydroxyl groups excluding tert-OH is 2. The molecule has 0 aromatic carbocycles. The Morgan fingerprint density at radius 3 is 1.08 bits per heavy atom. The highest BCUT2D eigenvalue weighted by atomic mass is 16.3. The molecule has 0 aliphatic carbocycles. The Morgan fingerprint density at radius 2 is 0.721 bits per heavy atom. The molecule has 0 aliphatic rings. The van der Waals surface area contributed by atoms with E-state index in [4.69, 9.17) is 0 Å². The maximum atomic E-state index is 12.4. The average Bonchev–Trinajstić information content (AvgIpc) is 3.26. The van der Waals surface area contributed by atoms with Crippen LogP contribution in [-0.4, -0.2) is 34.9 Å². The van der Waals surface area contributed by atoms with Crippen LogP contribution in [0.2, 0.25) is 0 Å². The topological polar surface area (TPSA) is 69.6 Å². The van der Waals surface area contributed by atoms with Gasteiger partial charge in [-0.15, -0.1) is 0 Å². The third kappa shape index (κ3) is 48.2. The maximum absolute atomic E-state index is 12.4. The molecule has 0 radical (unpaired) electrons. The van der Waals surface area contributed by atoms with Gasteiger partial charge in [0.05, 0.1) is 18.8 Å². The lowest BCUT2D eigenvalue weighted by atomic mass is 10.0. The molecule has 4 nitrogen and oxygen atoms in total. The summed E-state index contributed by atoms with van der Waals surface area (Å²) >= 11 is 0. The molecule has 61 heavy (non-hydrogen) atoms. The van der Waals surface area contributed by atoms with Crippen molar-refractivity contribution in [3.8, 4) is 0 Å². The second-order valence-corrected chi connectivity index (χ2v) is 17.2. The summed E-state index contributed by atoms with van der Waals surface area (Å²) in [5.41, 5.74) is 0. The fourth-order valence-corrected chi connectivity index (χ4v) is 7.44. The molecule has 0 saturated carbocycles. The van der Waals surface area contributed by atoms with Crippen LogP contribution in [0.5, 0.6) is 0 Å². The summed E-state index contributed by atoms with van der Waals surface area (Å²) in [6.07, 6.45) is 76.8. The van der Waals surface area contributed by atoms with Gasteiger partial charge in [-0.3, -0.25) is 4.79 Å². The SMILES string of the molecule is CC/C=C\C/C=C\C/C=C\C/C=C\C/C=C\C/C=C\C/C=C\C/C=C\CCCCCCCCCCCCCCCCCCC(=O)NC(CO)C(O)CCCCCCCCCC. The monoisotopic (exact) mass is 846 g/mol. The molecule has 0 aromatic rings. The van der Waals surface area contributed by atoms with Crippen LogP contribution in [0.15, 0.2) is 97.2 Å². The molecular weight excluding hydrogens is 747 g/mol. The number of carbonyl (C=O) groups is 1. The molecule has 2 atom stereocenters. The van der Waals surface area contributed by atoms with Crippen LogP contribution in [0.1, 0.15) is 239 Å². The van der Waals surface area contributed by atoms with Crippen LogP contribution in [0, 0.1) is 0 Å². The van der Waals surface area contributed by atoms with E-state index < -0.39 is 12.1 Å². The van der Waals surface area contributed by atoms with Crippen molar-refractivity contribution in [2.45, 2.75) is 251 Å². The molecule has 350 valence electrons. The molecule has 0 heterocycles. The van der Waals surface area contributed by atoms with Crippen molar-refractivity contribution in [3.05, 3.63) is 97.2 Å². The van der Waals surface area contributed by atoms with Gasteiger partial charge in [0.2, 0.25) is 5.91 Å². The highest BCUT2D eigenvalue weighted by Gasteiger charge is 2.20. The summed E-state index contributed by atoms with van der Waals surface area (Å²) in [7, 11) is 0. The second-order valence-electron chi connectivity index (χ2n) is 17.2. The average molecular weight is 846 g/mol. The number of hydrogen-bond acceptors (Lipinski definition) is 3. The lowest BCUT2D eigenvalue weighted by molar-refractivity contribution is -0.123. The van der Waals surface area contributed by atoms with Crippen LogP contribution in [0.4, 0.5) is 0 Å². The molecule has 0 bridgehead atoms. The molecule has 2 unspecified atom stereocenters. The molecule has 3 N–H and O–H groups in total. The first kappa shape index (κ1) is 58.3. The van der Waals surface area contributed by atoms with E-state index in [-0.39, 0.29) is 12.5 Å². The summed E-state index contributed by atoms with van der Waals surface area (Å²) in [5, 5.41) is 23.0. The highest BCUT2D eigenvalue weighted by Crippen LogP contribution is 2.16. The van der Waals surface area contributed by atoms with E-state index in [9.17, 15) is 15.0 Å². The van der Waals surface area contributed by atoms with Crippen LogP contribution >= 0.6 is 0 Å². The quantitative estimate of drug-likeness (QED) is 0.0422. The molecule has 4 heteroatoms. The molecule has 0 fully saturated rings. The van der Waals surface area contributed by atoms with Gasteiger partial charge in [-0.25, -0.2) is 0 Å². The zero-order chi connectivity index (χ0) is 44.2. The standard InChI is InChI=1S/C57H99NO3/c1-3-5-7-9-11-13-14-15-16-17-18-19-20-21-22-23-24-25-26-27-28-29-30-31-32-33-34-35-36-37-38-39-40-41-42-43-44-45-47-49-51-53-57(61)58-55(54-59)56(60)52-50-48-46-12-10-8-6-4-2/h5,7,11,13,15-16,18-19,21-22,24-25,27-28,30-31,55-56,59-60H,3-4,6,8-10,12,14,17,20,23,26,29,32-54H2,1-2H3,(H,58,61)/b7-5-,13-11-,16-15-,19-18-,22-21-,25-24-,28-27-,31-30-. The third-order valence-electron chi connectivity index (χ3n) is 11.4. The van der Waals surface area contributed by atoms with Gasteiger partial charge in [0, 0.05) is 6.42 Å². The van der Waals surface area contributed by atoms with Crippen molar-refractivity contribution >= 4 is 5.91 Å². The van der Waals surface area contributed by atoms with Gasteiger partial charge in [-0.05, 0) is 77.0 Å². The number of allylic oxidation sites excluding steroid dienone is 16. The first-order chi connectivity index (χ1) is 30.2. The van der Waals surface area contributed by atoms with Gasteiger partial charge < -0.3 is 15.5 Å². The van der Waals surface area contributed by atoms with E-state index in [0.717, 1.165) is 77.0 Å². The molecular formula is C57H99NO3. The van der Waals surface area contributed by atoms with Crippen LogP contribution in [0.3, 0.4) is 0 Å². The Balaban J connectivity index is 3.48. The summed E-state index contributed by atoms with van der Waals surface area (Å²) in [4.78, 5) is 12.4. The van der Waals surface area contributed by atoms with E-state index >= 15 is 0 Å². The summed E-state index contributed by atoms with van der Waals surface area (Å²) < 4.78 is 0. The molecule has 1 amide bonds. The van der Waals surface area contributed by atoms with Gasteiger partial charge in [0.1, 0.15) is 0 Å². The van der Waals surface area contributed by atoms with Crippen molar-refractivity contribution < 1.29 is 15.0 Å². The molecule has 0 rings (SSSR count). The van der Waals surface area contributed by atoms with Gasteiger partial charge in [0.15, 0.2) is 0 Å². The number of aliphatic hydroxyl groups is 2. The summed E-state index contributed by atoms with van der Waals surface area (Å²) in [5.74, 6) is -0.0368. The fraction of sp³-hybridized carbons (Fsp3) is 0.702. The Labute approximate surface area is 379 Å². The maximum Gasteiger partial charge on any atom is 0.220 e. The predicted octanol–water partition coefficient (Wildman–Crippen LogP) is 17.0. The minimum atomic E-state index is -0.659. The lowest BCUT2D eigenvalue weighted by Gasteiger charge is -2.22. The van der Waals surface area contributed by atoms with Gasteiger partial charge in [0.25, 0.3) is 0 Å². The first-order valence-corrected chi connectivity index (χ1v) is 25.9. The second kappa shape index (κ2) is 51.7. The van der Waals surface area contributed by atoms with E-state index in [1.54, 1.807) is 0 Å². The number of amides is 1. The van der Waals surface area contributed by atoms with Crippen LogP contribution in [0.25, 0.3) is 0 Å². The van der Waals surface area contributed by atoms with E-state index in [2.05, 4.69) is 116 Å². The van der Waals surface area contributed by atoms with E-state index in [1.807, 2.05) is 0 Å². The minimum absolute atomic E-state index is 0.0368. The predicted molar refractivity (Wildman–Crippen MR) is 271 cm³/mol. The molecule has 0 aliphatic heterocycles. The summed E-state index contributed by atoms with van der Waals surface area (Å²) in [6.45, 7) is 4.21. The normalized spacial score (nSPS) is 13.7. The third-order valence-corrected chi connectivity index (χ3v) is 11.4. The van der Waals surface area contributed by atoms with Crippen molar-refractivity contribution in [1.29, 1.82) is 0 Å². The van der Waals surface area contributed by atoms with E-state index in [1.165, 1.54) is 135 Å². The van der Waals surface area contributed by atoms with Crippen LogP contribution in [-0.2, 0) is 4.79 Å². The molecule has 0 saturated heterocycles. The smallest absolute Gasteiger partial charge is 0.220 e. The Morgan fingerprint density at radius 1 is 0.410 bits per heavy atom. The number of unbranched alkanes of at least 4 members (excludes halogenated alkanes) is 23. The zero-order valence-electron chi connectivity index (χ0n) is 40.2. The number of hydrogen-bond donors (Lipinski definition) is 3. The Kier molecular flexibility index (Phi) is 49.4. The number of carbonyl (C=O) groups excluding carboxylic acids is 1. The van der Waals surface area contributed by atoms with Crippen molar-refractivity contribution in [1.82, 2.24) is 5.32 Å². The van der Waals surface area contributed by atoms with Gasteiger partial charge >= 0.3 is 0 Å². The molecule has 0 aromatic heterocycles. The lowest BCUT2D eigenvalue weighted by Crippen LogP contribution is -2.45. The number of nitrogens with one attached hydrogen (secondary N) is 1. The molecule has 0 spiro atoms. The Bertz CT molecular complexity index is 1140. The van der Waals surface area contributed by atoms with Crippen molar-refractivity contribution in [2.24, 2.45) is 0 Å². The Hall–Kier alpha value is -2.69. The highest BCUT2D eigenvalue weighted by molar-refractivity contribution is 5.76. The minimum Gasteiger partial charge on any atom is -0.394 e. The largest absolute Gasteiger partial charge is 0.394 e. The van der Waals surface area contributed by atoms with Gasteiger partial charge in [-0.2, -0.15) is 0 Å². The van der Waals surface area contributed by atoms with Crippen LogP contribution < -0.4 is 5.32 Å². The van der Waals surface area contributed by atoms with E-state index in [0.29, 0.717) is 12.8 Å². The van der Waals surface area contributed by atoms with Gasteiger partial charge in [-0.1, -0.05) is 252 Å². The van der Waals surface area contributed by atoms with Crippen molar-refractivity contribution in [2.75, 3.05) is 6.61 Å². The zero-order valence-corrected chi connectivity index (χ0v) is 40.2. The fourth-order valence-electron chi connectivity index (χ4n) is 7.44. The number of rotatable bonds is 46. The summed E-state index contributed by atoms with van der Waals surface area (Å²) in [6, 6.07) is -0.537.